The van der Waals surface area contributed by atoms with Crippen molar-refractivity contribution in [2.24, 2.45) is 0 Å². The van der Waals surface area contributed by atoms with Gasteiger partial charge in [-0.15, -0.1) is 0 Å². The van der Waals surface area contributed by atoms with Gasteiger partial charge in [-0.05, 0) is 36.2 Å². The summed E-state index contributed by atoms with van der Waals surface area (Å²) in [5.41, 5.74) is 15.1. The third kappa shape index (κ3) is 2.76. The standard InChI is InChI=1S/C17H19N5O2/c1-9-11(6-10-7-12(23-2)4-5-13(10)24-3)8-20-16-14(9)15(18)21-17(19)22-16/h4-5,7-8H,6H2,1-3H3,(H4,18,19,20,21,22)/i17+2. The number of hydrogen-bond acceptors (Lipinski definition) is 7. The van der Waals surface area contributed by atoms with E-state index in [1.165, 1.54) is 0 Å². The molecule has 0 atom stereocenters. The SMILES string of the molecule is COc1ccc(OC)c(Cc2cnc3n[14c](N)nc(N)c3c2C)c1. The van der Waals surface area contributed by atoms with Gasteiger partial charge in [0.15, 0.2) is 5.65 Å². The number of rotatable bonds is 4. The number of ether oxygens (including phenoxy) is 2. The first-order chi connectivity index (χ1) is 11.5. The van der Waals surface area contributed by atoms with Crippen LogP contribution in [0, 0.1) is 6.92 Å². The summed E-state index contributed by atoms with van der Waals surface area (Å²) in [5.74, 6) is 2.01. The predicted octanol–water partition coefficient (Wildman–Crippen LogP) is 2.11. The molecule has 124 valence electrons. The molecule has 0 aliphatic rings. The van der Waals surface area contributed by atoms with Crippen LogP contribution < -0.4 is 20.9 Å². The molecule has 4 N–H and O–H groups in total. The first kappa shape index (κ1) is 15.8. The number of nitrogen functional groups attached to an aromatic ring is 2. The van der Waals surface area contributed by atoms with Crippen molar-refractivity contribution >= 4 is 22.8 Å². The number of aryl methyl sites for hydroxylation is 1. The summed E-state index contributed by atoms with van der Waals surface area (Å²) >= 11 is 0. The molecule has 0 amide bonds. The van der Waals surface area contributed by atoms with Crippen molar-refractivity contribution in [1.29, 1.82) is 0 Å². The maximum atomic E-state index is 6.01. The van der Waals surface area contributed by atoms with Crippen molar-refractivity contribution in [1.82, 2.24) is 15.0 Å². The summed E-state index contributed by atoms with van der Waals surface area (Å²) in [5, 5.41) is 0.726. The van der Waals surface area contributed by atoms with Crippen molar-refractivity contribution in [3.63, 3.8) is 0 Å². The molecule has 0 radical (unpaired) electrons. The van der Waals surface area contributed by atoms with Gasteiger partial charge in [0, 0.05) is 18.2 Å². The van der Waals surface area contributed by atoms with Gasteiger partial charge in [0.05, 0.1) is 19.6 Å². The highest BCUT2D eigenvalue weighted by molar-refractivity contribution is 5.90. The zero-order valence-electron chi connectivity index (χ0n) is 13.8. The minimum atomic E-state index is 0.120. The van der Waals surface area contributed by atoms with Crippen LogP contribution in [0.4, 0.5) is 11.8 Å². The molecule has 3 rings (SSSR count). The zero-order valence-corrected chi connectivity index (χ0v) is 13.8. The third-order valence-corrected chi connectivity index (χ3v) is 4.00. The molecule has 7 heteroatoms. The van der Waals surface area contributed by atoms with E-state index >= 15 is 0 Å². The van der Waals surface area contributed by atoms with Crippen molar-refractivity contribution in [3.8, 4) is 11.5 Å². The van der Waals surface area contributed by atoms with Gasteiger partial charge in [-0.2, -0.15) is 9.97 Å². The minimum Gasteiger partial charge on any atom is -0.497 e. The van der Waals surface area contributed by atoms with E-state index in [4.69, 9.17) is 20.9 Å². The largest absolute Gasteiger partial charge is 0.497 e. The van der Waals surface area contributed by atoms with Crippen LogP contribution in [0.15, 0.2) is 24.4 Å². The molecule has 1 aromatic carbocycles. The second-order valence-electron chi connectivity index (χ2n) is 5.43. The first-order valence-electron chi connectivity index (χ1n) is 7.41. The number of benzene rings is 1. The molecular formula is C17H19N5O2. The maximum absolute atomic E-state index is 6.01. The zero-order chi connectivity index (χ0) is 17.3. The third-order valence-electron chi connectivity index (χ3n) is 4.00. The number of nitrogens with zero attached hydrogens (tertiary/aromatic N) is 3. The van der Waals surface area contributed by atoms with Crippen LogP contribution in [0.2, 0.25) is 0 Å². The fraction of sp³-hybridized carbons (Fsp3) is 0.235. The number of aromatic nitrogens is 3. The molecular weight excluding hydrogens is 308 g/mol. The van der Waals surface area contributed by atoms with Crippen molar-refractivity contribution in [2.45, 2.75) is 13.3 Å². The van der Waals surface area contributed by atoms with E-state index in [2.05, 4.69) is 15.0 Å². The smallest absolute Gasteiger partial charge is 0.224 e. The quantitative estimate of drug-likeness (QED) is 0.755. The van der Waals surface area contributed by atoms with Crippen molar-refractivity contribution in [2.75, 3.05) is 25.7 Å². The molecule has 3 aromatic rings. The molecule has 0 saturated heterocycles. The van der Waals surface area contributed by atoms with Gasteiger partial charge in [0.2, 0.25) is 5.95 Å². The van der Waals surface area contributed by atoms with Crippen LogP contribution in [0.1, 0.15) is 16.7 Å². The molecule has 0 saturated carbocycles. The molecule has 0 bridgehead atoms. The van der Waals surface area contributed by atoms with E-state index in [9.17, 15) is 0 Å². The Morgan fingerprint density at radius 2 is 1.92 bits per heavy atom. The topological polar surface area (TPSA) is 109 Å². The fourth-order valence-corrected chi connectivity index (χ4v) is 2.74. The first-order valence-corrected chi connectivity index (χ1v) is 7.41. The van der Waals surface area contributed by atoms with Gasteiger partial charge in [0.1, 0.15) is 17.3 Å². The number of pyridine rings is 1. The van der Waals surface area contributed by atoms with Gasteiger partial charge in [-0.25, -0.2) is 4.98 Å². The van der Waals surface area contributed by atoms with Gasteiger partial charge < -0.3 is 20.9 Å². The molecule has 2 aromatic heterocycles. The molecule has 24 heavy (non-hydrogen) atoms. The lowest BCUT2D eigenvalue weighted by Crippen LogP contribution is -2.05. The van der Waals surface area contributed by atoms with Crippen molar-refractivity contribution < 1.29 is 9.47 Å². The lowest BCUT2D eigenvalue weighted by molar-refractivity contribution is 0.399. The maximum Gasteiger partial charge on any atom is 0.224 e. The second kappa shape index (κ2) is 6.19. The normalized spacial score (nSPS) is 10.8. The highest BCUT2D eigenvalue weighted by Gasteiger charge is 2.14. The summed E-state index contributed by atoms with van der Waals surface area (Å²) < 4.78 is 10.7. The molecule has 0 aliphatic carbocycles. The Kier molecular flexibility index (Phi) is 4.07. The summed E-state index contributed by atoms with van der Waals surface area (Å²) in [6.07, 6.45) is 2.40. The predicted molar refractivity (Wildman–Crippen MR) is 93.2 cm³/mol. The van der Waals surface area contributed by atoms with Gasteiger partial charge in [-0.1, -0.05) is 0 Å². The van der Waals surface area contributed by atoms with E-state index in [0.717, 1.165) is 33.6 Å². The number of fused-ring (bicyclic) bond motifs is 1. The summed E-state index contributed by atoms with van der Waals surface area (Å²) in [6, 6.07) is 5.70. The van der Waals surface area contributed by atoms with E-state index in [1.54, 1.807) is 20.4 Å². The highest BCUT2D eigenvalue weighted by Crippen LogP contribution is 2.29. The van der Waals surface area contributed by atoms with E-state index in [-0.39, 0.29) is 5.95 Å². The van der Waals surface area contributed by atoms with Crippen LogP contribution in [0.3, 0.4) is 0 Å². The molecule has 0 spiro atoms. The van der Waals surface area contributed by atoms with E-state index in [0.29, 0.717) is 17.9 Å². The Morgan fingerprint density at radius 3 is 2.62 bits per heavy atom. The monoisotopic (exact) mass is 327 g/mol. The molecule has 7 nitrogen and oxygen atoms in total. The fourth-order valence-electron chi connectivity index (χ4n) is 2.74. The number of anilines is 2. The molecule has 0 aliphatic heterocycles. The number of nitrogens with two attached hydrogens (primary N) is 2. The van der Waals surface area contributed by atoms with Crippen molar-refractivity contribution in [3.05, 3.63) is 41.1 Å². The molecule has 0 fully saturated rings. The Balaban J connectivity index is 2.10. The lowest BCUT2D eigenvalue weighted by Gasteiger charge is -2.13. The average molecular weight is 327 g/mol. The Labute approximate surface area is 139 Å². The van der Waals surface area contributed by atoms with Gasteiger partial charge in [0.25, 0.3) is 0 Å². The molecule has 0 unspecified atom stereocenters. The van der Waals surface area contributed by atoms with Gasteiger partial charge in [-0.3, -0.25) is 0 Å². The highest BCUT2D eigenvalue weighted by atomic mass is 16.5. The molecule has 2 heterocycles. The van der Waals surface area contributed by atoms with Crippen LogP contribution in [-0.2, 0) is 6.42 Å². The number of methoxy groups -OCH3 is 2. The summed E-state index contributed by atoms with van der Waals surface area (Å²) in [6.45, 7) is 1.97. The summed E-state index contributed by atoms with van der Waals surface area (Å²) in [7, 11) is 3.28. The summed E-state index contributed by atoms with van der Waals surface area (Å²) in [4.78, 5) is 12.5. The van der Waals surface area contributed by atoms with Crippen LogP contribution in [0.5, 0.6) is 11.5 Å². The van der Waals surface area contributed by atoms with Crippen LogP contribution in [-0.4, -0.2) is 29.2 Å². The Hall–Kier alpha value is -3.09. The number of hydrogen-bond donors (Lipinski definition) is 2. The Bertz CT molecular complexity index is 911. The second-order valence-corrected chi connectivity index (χ2v) is 5.43. The van der Waals surface area contributed by atoms with Crippen LogP contribution >= 0.6 is 0 Å². The van der Waals surface area contributed by atoms with E-state index < -0.39 is 0 Å². The van der Waals surface area contributed by atoms with E-state index in [1.807, 2.05) is 25.1 Å². The Morgan fingerprint density at radius 1 is 1.12 bits per heavy atom. The lowest BCUT2D eigenvalue weighted by atomic mass is 9.99. The average Bonchev–Trinajstić information content (AvgIpc) is 2.56. The minimum absolute atomic E-state index is 0.120. The van der Waals surface area contributed by atoms with Crippen LogP contribution in [0.25, 0.3) is 11.0 Å². The van der Waals surface area contributed by atoms with Gasteiger partial charge >= 0.3 is 0 Å².